The van der Waals surface area contributed by atoms with Gasteiger partial charge in [0, 0.05) is 43.1 Å². The van der Waals surface area contributed by atoms with Gasteiger partial charge in [-0.25, -0.2) is 9.97 Å². The molecule has 0 amide bonds. The van der Waals surface area contributed by atoms with Gasteiger partial charge in [-0.2, -0.15) is 0 Å². The first-order valence-corrected chi connectivity index (χ1v) is 6.26. The predicted molar refractivity (Wildman–Crippen MR) is 63.2 cm³/mol. The molecule has 0 saturated heterocycles. The minimum Gasteiger partial charge on any atom is -0.333 e. The molecule has 0 fully saturated rings. The quantitative estimate of drug-likeness (QED) is 0.792. The van der Waals surface area contributed by atoms with E-state index >= 15 is 0 Å². The van der Waals surface area contributed by atoms with Crippen molar-refractivity contribution in [3.63, 3.8) is 0 Å². The zero-order chi connectivity index (χ0) is 11.0. The molecule has 4 nitrogen and oxygen atoms in total. The lowest BCUT2D eigenvalue weighted by Gasteiger charge is -2.26. The number of nitrogens with zero attached hydrogens (tertiary/aromatic N) is 4. The van der Waals surface area contributed by atoms with Gasteiger partial charge in [0.25, 0.3) is 0 Å². The van der Waals surface area contributed by atoms with Crippen LogP contribution in [0.5, 0.6) is 0 Å². The molecule has 16 heavy (non-hydrogen) atoms. The number of hydrogen-bond acceptors (Lipinski definition) is 4. The molecule has 3 heterocycles. The first-order valence-electron chi connectivity index (χ1n) is 5.45. The summed E-state index contributed by atoms with van der Waals surface area (Å²) in [7, 11) is 0. The zero-order valence-corrected chi connectivity index (χ0v) is 10.1. The van der Waals surface area contributed by atoms with E-state index in [4.69, 9.17) is 0 Å². The highest BCUT2D eigenvalue weighted by molar-refractivity contribution is 7.11. The Morgan fingerprint density at radius 3 is 3.12 bits per heavy atom. The Morgan fingerprint density at radius 2 is 2.31 bits per heavy atom. The van der Waals surface area contributed by atoms with Gasteiger partial charge in [0.15, 0.2) is 0 Å². The van der Waals surface area contributed by atoms with Crippen LogP contribution in [-0.4, -0.2) is 26.0 Å². The molecule has 0 unspecified atom stereocenters. The van der Waals surface area contributed by atoms with Gasteiger partial charge in [-0.1, -0.05) is 0 Å². The van der Waals surface area contributed by atoms with Crippen molar-refractivity contribution in [3.8, 4) is 0 Å². The summed E-state index contributed by atoms with van der Waals surface area (Å²) in [6.45, 7) is 6.15. The highest BCUT2D eigenvalue weighted by Gasteiger charge is 2.16. The van der Waals surface area contributed by atoms with Crippen molar-refractivity contribution in [1.82, 2.24) is 19.4 Å². The van der Waals surface area contributed by atoms with Crippen molar-refractivity contribution in [2.75, 3.05) is 6.54 Å². The van der Waals surface area contributed by atoms with Crippen LogP contribution in [0.25, 0.3) is 0 Å². The second-order valence-electron chi connectivity index (χ2n) is 4.09. The number of thiazole rings is 1. The molecule has 0 saturated carbocycles. The maximum atomic E-state index is 4.36. The summed E-state index contributed by atoms with van der Waals surface area (Å²) >= 11 is 1.78. The molecule has 2 aromatic heterocycles. The lowest BCUT2D eigenvalue weighted by atomic mass is 10.3. The summed E-state index contributed by atoms with van der Waals surface area (Å²) in [6.07, 6.45) is 5.93. The summed E-state index contributed by atoms with van der Waals surface area (Å²) in [6, 6.07) is 0. The van der Waals surface area contributed by atoms with Gasteiger partial charge in [-0.15, -0.1) is 11.3 Å². The molecule has 1 aliphatic heterocycles. The van der Waals surface area contributed by atoms with Crippen LogP contribution in [0, 0.1) is 6.92 Å². The molecule has 84 valence electrons. The van der Waals surface area contributed by atoms with Crippen molar-refractivity contribution in [3.05, 3.63) is 34.3 Å². The standard InChI is InChI=1S/C11H14N4S/c1-9-13-6-10(16-9)7-14-4-5-15-3-2-12-11(15)8-14/h2-3,6H,4-5,7-8H2,1H3. The second-order valence-corrected chi connectivity index (χ2v) is 5.41. The third kappa shape index (κ3) is 1.88. The monoisotopic (exact) mass is 234 g/mol. The molecule has 0 atom stereocenters. The maximum absolute atomic E-state index is 4.36. The maximum Gasteiger partial charge on any atom is 0.122 e. The minimum absolute atomic E-state index is 0.948. The molecule has 0 bridgehead atoms. The lowest BCUT2D eigenvalue weighted by Crippen LogP contribution is -2.32. The van der Waals surface area contributed by atoms with Crippen molar-refractivity contribution in [2.45, 2.75) is 26.6 Å². The van der Waals surface area contributed by atoms with E-state index in [0.29, 0.717) is 0 Å². The van der Waals surface area contributed by atoms with E-state index in [0.717, 1.165) is 31.2 Å². The van der Waals surface area contributed by atoms with Gasteiger partial charge in [-0.05, 0) is 6.92 Å². The zero-order valence-electron chi connectivity index (χ0n) is 9.26. The van der Waals surface area contributed by atoms with Crippen LogP contribution in [-0.2, 0) is 19.6 Å². The summed E-state index contributed by atoms with van der Waals surface area (Å²) in [5, 5.41) is 1.15. The molecule has 0 aliphatic carbocycles. The normalized spacial score (nSPS) is 16.3. The molecule has 0 spiro atoms. The Labute approximate surface area is 98.6 Å². The third-order valence-electron chi connectivity index (χ3n) is 2.87. The number of hydrogen-bond donors (Lipinski definition) is 0. The van der Waals surface area contributed by atoms with E-state index in [2.05, 4.69) is 32.6 Å². The minimum atomic E-state index is 0.948. The Bertz CT molecular complexity index is 488. The third-order valence-corrected chi connectivity index (χ3v) is 3.77. The van der Waals surface area contributed by atoms with Gasteiger partial charge in [0.1, 0.15) is 5.82 Å². The topological polar surface area (TPSA) is 34.0 Å². The Hall–Kier alpha value is -1.20. The van der Waals surface area contributed by atoms with Crippen LogP contribution >= 0.6 is 11.3 Å². The smallest absolute Gasteiger partial charge is 0.122 e. The fourth-order valence-corrected chi connectivity index (χ4v) is 2.89. The molecule has 0 aromatic carbocycles. The van der Waals surface area contributed by atoms with Gasteiger partial charge in [0.05, 0.1) is 11.6 Å². The number of fused-ring (bicyclic) bond motifs is 1. The highest BCUT2D eigenvalue weighted by atomic mass is 32.1. The van der Waals surface area contributed by atoms with Crippen molar-refractivity contribution >= 4 is 11.3 Å². The Balaban J connectivity index is 1.70. The second kappa shape index (κ2) is 3.99. The largest absolute Gasteiger partial charge is 0.333 e. The summed E-state index contributed by atoms with van der Waals surface area (Å²) in [5.74, 6) is 1.17. The van der Waals surface area contributed by atoms with Crippen LogP contribution in [0.3, 0.4) is 0 Å². The number of imidazole rings is 1. The molecule has 0 radical (unpaired) electrons. The van der Waals surface area contributed by atoms with Gasteiger partial charge < -0.3 is 4.57 Å². The summed E-state index contributed by atoms with van der Waals surface area (Å²) in [4.78, 5) is 12.4. The van der Waals surface area contributed by atoms with Crippen LogP contribution in [0.2, 0.25) is 0 Å². The first-order chi connectivity index (χ1) is 7.81. The molecule has 5 heteroatoms. The van der Waals surface area contributed by atoms with Crippen LogP contribution in [0.15, 0.2) is 18.6 Å². The number of aryl methyl sites for hydroxylation is 1. The molecular formula is C11H14N4S. The average Bonchev–Trinajstić information content (AvgIpc) is 2.87. The van der Waals surface area contributed by atoms with Gasteiger partial charge in [-0.3, -0.25) is 4.90 Å². The van der Waals surface area contributed by atoms with Crippen molar-refractivity contribution < 1.29 is 0 Å². The number of rotatable bonds is 2. The highest BCUT2D eigenvalue weighted by Crippen LogP contribution is 2.17. The van der Waals surface area contributed by atoms with E-state index < -0.39 is 0 Å². The van der Waals surface area contributed by atoms with E-state index in [1.54, 1.807) is 11.3 Å². The molecule has 2 aromatic rings. The first kappa shape index (κ1) is 9.99. The van der Waals surface area contributed by atoms with Gasteiger partial charge in [0.2, 0.25) is 0 Å². The Kier molecular flexibility index (Phi) is 2.49. The SMILES string of the molecule is Cc1ncc(CN2CCn3ccnc3C2)s1. The average molecular weight is 234 g/mol. The van der Waals surface area contributed by atoms with E-state index in [9.17, 15) is 0 Å². The fraction of sp³-hybridized carbons (Fsp3) is 0.455. The van der Waals surface area contributed by atoms with Gasteiger partial charge >= 0.3 is 0 Å². The van der Waals surface area contributed by atoms with E-state index in [1.807, 2.05) is 12.4 Å². The van der Waals surface area contributed by atoms with E-state index in [-0.39, 0.29) is 0 Å². The molecule has 3 rings (SSSR count). The molecular weight excluding hydrogens is 220 g/mol. The van der Waals surface area contributed by atoms with Crippen LogP contribution in [0.1, 0.15) is 15.7 Å². The van der Waals surface area contributed by atoms with E-state index in [1.165, 1.54) is 10.7 Å². The number of aromatic nitrogens is 3. The van der Waals surface area contributed by atoms with Crippen LogP contribution in [0.4, 0.5) is 0 Å². The predicted octanol–water partition coefficient (Wildman–Crippen LogP) is 1.66. The molecule has 1 aliphatic rings. The molecule has 0 N–H and O–H groups in total. The summed E-state index contributed by atoms with van der Waals surface area (Å²) in [5.41, 5.74) is 0. The van der Waals surface area contributed by atoms with Crippen LogP contribution < -0.4 is 0 Å². The summed E-state index contributed by atoms with van der Waals surface area (Å²) < 4.78 is 2.23. The van der Waals surface area contributed by atoms with Crippen molar-refractivity contribution in [1.29, 1.82) is 0 Å². The lowest BCUT2D eigenvalue weighted by molar-refractivity contribution is 0.210. The Morgan fingerprint density at radius 1 is 1.38 bits per heavy atom. The van der Waals surface area contributed by atoms with Crippen molar-refractivity contribution in [2.24, 2.45) is 0 Å². The fourth-order valence-electron chi connectivity index (χ4n) is 2.06.